The van der Waals surface area contributed by atoms with Crippen molar-refractivity contribution in [3.8, 4) is 0 Å². The second-order valence-corrected chi connectivity index (χ2v) is 6.20. The van der Waals surface area contributed by atoms with Crippen molar-refractivity contribution in [1.29, 1.82) is 0 Å². The number of hydrogen-bond acceptors (Lipinski definition) is 2. The van der Waals surface area contributed by atoms with Crippen LogP contribution < -0.4 is 5.32 Å². The van der Waals surface area contributed by atoms with Gasteiger partial charge >= 0.3 is 0 Å². The molecule has 2 saturated heterocycles. The molecule has 3 rings (SSSR count). The van der Waals surface area contributed by atoms with Crippen molar-refractivity contribution in [3.63, 3.8) is 0 Å². The first kappa shape index (κ1) is 11.5. The van der Waals surface area contributed by atoms with Crippen LogP contribution in [-0.4, -0.2) is 37.0 Å². The number of hydrogen-bond donors (Lipinski definition) is 1. The van der Waals surface area contributed by atoms with Crippen LogP contribution >= 0.6 is 0 Å². The number of nitrogens with one attached hydrogen (secondary N) is 1. The van der Waals surface area contributed by atoms with Gasteiger partial charge in [0.2, 0.25) is 5.91 Å². The molecule has 0 aromatic carbocycles. The first-order valence-corrected chi connectivity index (χ1v) is 7.32. The summed E-state index contributed by atoms with van der Waals surface area (Å²) in [5, 5.41) is 3.49. The van der Waals surface area contributed by atoms with Crippen molar-refractivity contribution in [3.05, 3.63) is 0 Å². The smallest absolute Gasteiger partial charge is 0.225 e. The number of fused-ring (bicyclic) bond motifs is 2. The zero-order valence-electron chi connectivity index (χ0n) is 10.7. The summed E-state index contributed by atoms with van der Waals surface area (Å²) < 4.78 is 0. The number of piperidine rings is 2. The monoisotopic (exact) mass is 236 g/mol. The Balaban J connectivity index is 1.61. The van der Waals surface area contributed by atoms with Gasteiger partial charge in [0.05, 0.1) is 0 Å². The zero-order valence-corrected chi connectivity index (χ0v) is 10.7. The molecule has 2 bridgehead atoms. The first-order valence-electron chi connectivity index (χ1n) is 7.32. The standard InChI is InChI=1S/C14H24N2O/c17-14(13-4-2-1-3-5-13)16-9-11-6-12(10-16)8-15-7-11/h11-13,15H,1-10H2/t11-,12+. The molecule has 2 heterocycles. The van der Waals surface area contributed by atoms with Gasteiger partial charge in [-0.15, -0.1) is 0 Å². The summed E-state index contributed by atoms with van der Waals surface area (Å²) in [5.41, 5.74) is 0. The maximum Gasteiger partial charge on any atom is 0.225 e. The second kappa shape index (κ2) is 4.97. The number of rotatable bonds is 1. The van der Waals surface area contributed by atoms with E-state index in [1.54, 1.807) is 0 Å². The zero-order chi connectivity index (χ0) is 11.7. The first-order chi connectivity index (χ1) is 8.33. The number of amides is 1. The van der Waals surface area contributed by atoms with E-state index in [9.17, 15) is 4.79 Å². The normalized spacial score (nSPS) is 34.7. The van der Waals surface area contributed by atoms with Gasteiger partial charge in [-0.1, -0.05) is 19.3 Å². The van der Waals surface area contributed by atoms with E-state index < -0.39 is 0 Å². The van der Waals surface area contributed by atoms with Crippen molar-refractivity contribution in [1.82, 2.24) is 10.2 Å². The highest BCUT2D eigenvalue weighted by molar-refractivity contribution is 5.79. The van der Waals surface area contributed by atoms with Crippen LogP contribution in [0.2, 0.25) is 0 Å². The molecular weight excluding hydrogens is 212 g/mol. The predicted molar refractivity (Wildman–Crippen MR) is 67.6 cm³/mol. The van der Waals surface area contributed by atoms with Crippen molar-refractivity contribution in [2.24, 2.45) is 17.8 Å². The Kier molecular flexibility index (Phi) is 3.37. The molecule has 1 aliphatic carbocycles. The third-order valence-corrected chi connectivity index (χ3v) is 4.76. The van der Waals surface area contributed by atoms with Crippen molar-refractivity contribution < 1.29 is 4.79 Å². The van der Waals surface area contributed by atoms with Gasteiger partial charge in [-0.05, 0) is 44.2 Å². The quantitative estimate of drug-likeness (QED) is 0.750. The summed E-state index contributed by atoms with van der Waals surface area (Å²) in [6.45, 7) is 4.26. The van der Waals surface area contributed by atoms with Gasteiger partial charge in [0.1, 0.15) is 0 Å². The number of carbonyl (C=O) groups is 1. The molecule has 0 unspecified atom stereocenters. The SMILES string of the molecule is O=C(C1CCCCC1)N1C[C@@H]2CNC[C@@H](C2)C1. The van der Waals surface area contributed by atoms with Gasteiger partial charge < -0.3 is 10.2 Å². The van der Waals surface area contributed by atoms with Crippen LogP contribution in [0.15, 0.2) is 0 Å². The summed E-state index contributed by atoms with van der Waals surface area (Å²) in [6.07, 6.45) is 7.48. The van der Waals surface area contributed by atoms with E-state index in [1.807, 2.05) is 0 Å². The van der Waals surface area contributed by atoms with E-state index in [1.165, 1.54) is 25.7 Å². The van der Waals surface area contributed by atoms with E-state index >= 15 is 0 Å². The molecular formula is C14H24N2O. The average molecular weight is 236 g/mol. The Morgan fingerprint density at radius 1 is 1.00 bits per heavy atom. The molecule has 0 aromatic rings. The molecule has 0 spiro atoms. The minimum atomic E-state index is 0.357. The molecule has 1 N–H and O–H groups in total. The topological polar surface area (TPSA) is 32.3 Å². The van der Waals surface area contributed by atoms with Crippen molar-refractivity contribution in [2.75, 3.05) is 26.2 Å². The lowest BCUT2D eigenvalue weighted by Crippen LogP contribution is -2.54. The summed E-state index contributed by atoms with van der Waals surface area (Å²) in [4.78, 5) is 14.7. The fourth-order valence-electron chi connectivity index (χ4n) is 3.89. The van der Waals surface area contributed by atoms with Crippen LogP contribution in [0.25, 0.3) is 0 Å². The molecule has 0 aromatic heterocycles. The number of carbonyl (C=O) groups excluding carboxylic acids is 1. The van der Waals surface area contributed by atoms with Crippen LogP contribution in [0.3, 0.4) is 0 Å². The Bertz CT molecular complexity index is 274. The van der Waals surface area contributed by atoms with Crippen LogP contribution in [-0.2, 0) is 4.79 Å². The number of nitrogens with zero attached hydrogens (tertiary/aromatic N) is 1. The molecule has 3 nitrogen and oxygen atoms in total. The summed E-state index contributed by atoms with van der Waals surface area (Å²) >= 11 is 0. The van der Waals surface area contributed by atoms with E-state index in [0.717, 1.165) is 50.9 Å². The second-order valence-electron chi connectivity index (χ2n) is 6.20. The maximum atomic E-state index is 12.5. The molecule has 3 aliphatic rings. The van der Waals surface area contributed by atoms with Crippen LogP contribution in [0, 0.1) is 17.8 Å². The molecule has 1 saturated carbocycles. The highest BCUT2D eigenvalue weighted by Crippen LogP contribution is 2.29. The highest BCUT2D eigenvalue weighted by atomic mass is 16.2. The Labute approximate surface area is 104 Å². The summed E-state index contributed by atoms with van der Waals surface area (Å²) in [7, 11) is 0. The highest BCUT2D eigenvalue weighted by Gasteiger charge is 2.35. The minimum absolute atomic E-state index is 0.357. The number of likely N-dealkylation sites (tertiary alicyclic amines) is 1. The molecule has 2 aliphatic heterocycles. The van der Waals surface area contributed by atoms with Gasteiger partial charge in [-0.25, -0.2) is 0 Å². The lowest BCUT2D eigenvalue weighted by Gasteiger charge is -2.43. The van der Waals surface area contributed by atoms with Crippen LogP contribution in [0.4, 0.5) is 0 Å². The maximum absolute atomic E-state index is 12.5. The Morgan fingerprint density at radius 2 is 1.65 bits per heavy atom. The molecule has 3 heteroatoms. The fourth-order valence-corrected chi connectivity index (χ4v) is 3.89. The van der Waals surface area contributed by atoms with E-state index in [2.05, 4.69) is 10.2 Å². The lowest BCUT2D eigenvalue weighted by atomic mass is 9.83. The van der Waals surface area contributed by atoms with Gasteiger partial charge in [-0.3, -0.25) is 4.79 Å². The Hall–Kier alpha value is -0.570. The third kappa shape index (κ3) is 2.49. The summed E-state index contributed by atoms with van der Waals surface area (Å²) in [6, 6.07) is 0. The van der Waals surface area contributed by atoms with Gasteiger partial charge in [0.25, 0.3) is 0 Å². The van der Waals surface area contributed by atoms with Gasteiger partial charge in [-0.2, -0.15) is 0 Å². The molecule has 1 amide bonds. The molecule has 0 radical (unpaired) electrons. The van der Waals surface area contributed by atoms with E-state index in [-0.39, 0.29) is 0 Å². The average Bonchev–Trinajstić information content (AvgIpc) is 2.38. The fraction of sp³-hybridized carbons (Fsp3) is 0.929. The molecule has 2 atom stereocenters. The summed E-state index contributed by atoms with van der Waals surface area (Å²) in [5.74, 6) is 2.27. The predicted octanol–water partition coefficient (Wildman–Crippen LogP) is 1.63. The van der Waals surface area contributed by atoms with Crippen molar-refractivity contribution in [2.45, 2.75) is 38.5 Å². The Morgan fingerprint density at radius 3 is 2.29 bits per heavy atom. The van der Waals surface area contributed by atoms with Crippen LogP contribution in [0.5, 0.6) is 0 Å². The molecule has 96 valence electrons. The largest absolute Gasteiger partial charge is 0.342 e. The molecule has 17 heavy (non-hydrogen) atoms. The van der Waals surface area contributed by atoms with E-state index in [0.29, 0.717) is 11.8 Å². The minimum Gasteiger partial charge on any atom is -0.342 e. The van der Waals surface area contributed by atoms with Crippen molar-refractivity contribution >= 4 is 5.91 Å². The van der Waals surface area contributed by atoms with Gasteiger partial charge in [0, 0.05) is 19.0 Å². The van der Waals surface area contributed by atoms with Gasteiger partial charge in [0.15, 0.2) is 0 Å². The van der Waals surface area contributed by atoms with E-state index in [4.69, 9.17) is 0 Å². The van der Waals surface area contributed by atoms with Crippen LogP contribution in [0.1, 0.15) is 38.5 Å². The third-order valence-electron chi connectivity index (χ3n) is 4.76. The lowest BCUT2D eigenvalue weighted by molar-refractivity contribution is -0.140. The molecule has 3 fully saturated rings.